The molecule has 1 aliphatic rings. The summed E-state index contributed by atoms with van der Waals surface area (Å²) in [6.07, 6.45) is 4.37. The van der Waals surface area contributed by atoms with Gasteiger partial charge in [-0.3, -0.25) is 0 Å². The van der Waals surface area contributed by atoms with Crippen LogP contribution < -0.4 is 5.32 Å². The number of sulfone groups is 1. The van der Waals surface area contributed by atoms with E-state index >= 15 is 0 Å². The molecule has 0 radical (unpaired) electrons. The van der Waals surface area contributed by atoms with E-state index in [1.807, 2.05) is 6.92 Å². The molecule has 2 N–H and O–H groups in total. The quantitative estimate of drug-likeness (QED) is 0.660. The Morgan fingerprint density at radius 3 is 2.47 bits per heavy atom. The Bertz CT molecular complexity index is 296. The molecule has 0 aliphatic heterocycles. The smallest absolute Gasteiger partial charge is 0.148 e. The molecule has 0 spiro atoms. The predicted molar refractivity (Wildman–Crippen MR) is 60.5 cm³/mol. The van der Waals surface area contributed by atoms with Gasteiger partial charge in [0, 0.05) is 25.4 Å². The molecule has 0 aromatic heterocycles. The van der Waals surface area contributed by atoms with Gasteiger partial charge in [-0.1, -0.05) is 0 Å². The van der Waals surface area contributed by atoms with E-state index in [1.165, 1.54) is 6.26 Å². The summed E-state index contributed by atoms with van der Waals surface area (Å²) in [6, 6.07) is -0.00355. The highest BCUT2D eigenvalue weighted by Gasteiger charge is 2.41. The van der Waals surface area contributed by atoms with Crippen molar-refractivity contribution in [1.29, 1.82) is 0 Å². The van der Waals surface area contributed by atoms with Crippen LogP contribution in [-0.4, -0.2) is 44.7 Å². The second-order valence-electron chi connectivity index (χ2n) is 4.85. The van der Waals surface area contributed by atoms with E-state index in [0.29, 0.717) is 0 Å². The van der Waals surface area contributed by atoms with Gasteiger partial charge in [-0.15, -0.1) is 0 Å². The molecule has 0 amide bonds. The van der Waals surface area contributed by atoms with E-state index in [4.69, 9.17) is 5.11 Å². The van der Waals surface area contributed by atoms with Gasteiger partial charge in [-0.05, 0) is 31.6 Å². The van der Waals surface area contributed by atoms with Crippen LogP contribution in [0.3, 0.4) is 0 Å². The van der Waals surface area contributed by atoms with Crippen LogP contribution in [0.4, 0.5) is 0 Å². The molecule has 1 unspecified atom stereocenters. The van der Waals surface area contributed by atoms with Crippen LogP contribution in [0.25, 0.3) is 0 Å². The van der Waals surface area contributed by atoms with E-state index in [9.17, 15) is 8.42 Å². The summed E-state index contributed by atoms with van der Waals surface area (Å²) < 4.78 is 22.1. The molecule has 4 nitrogen and oxygen atoms in total. The SMILES string of the molecule is CC(CS(C)(=O)=O)NCC1(CCO)CC1. The van der Waals surface area contributed by atoms with Crippen molar-refractivity contribution in [2.45, 2.75) is 32.2 Å². The highest BCUT2D eigenvalue weighted by molar-refractivity contribution is 7.90. The van der Waals surface area contributed by atoms with Crippen molar-refractivity contribution in [3.63, 3.8) is 0 Å². The zero-order valence-corrected chi connectivity index (χ0v) is 10.3. The summed E-state index contributed by atoms with van der Waals surface area (Å²) in [5, 5.41) is 12.1. The van der Waals surface area contributed by atoms with Crippen molar-refractivity contribution < 1.29 is 13.5 Å². The molecule has 0 aromatic rings. The Kier molecular flexibility index (Phi) is 4.14. The number of nitrogens with one attached hydrogen (secondary N) is 1. The molecule has 5 heteroatoms. The average Bonchev–Trinajstić information content (AvgIpc) is 2.80. The number of aliphatic hydroxyl groups is 1. The molecule has 1 saturated carbocycles. The lowest BCUT2D eigenvalue weighted by Crippen LogP contribution is -2.36. The van der Waals surface area contributed by atoms with Crippen LogP contribution in [-0.2, 0) is 9.84 Å². The van der Waals surface area contributed by atoms with Crippen molar-refractivity contribution in [2.24, 2.45) is 5.41 Å². The summed E-state index contributed by atoms with van der Waals surface area (Å²) in [4.78, 5) is 0. The van der Waals surface area contributed by atoms with Crippen molar-refractivity contribution in [3.05, 3.63) is 0 Å². The lowest BCUT2D eigenvalue weighted by Gasteiger charge is -2.18. The summed E-state index contributed by atoms with van der Waals surface area (Å²) in [6.45, 7) is 2.93. The van der Waals surface area contributed by atoms with Gasteiger partial charge in [0.15, 0.2) is 0 Å². The van der Waals surface area contributed by atoms with Crippen LogP contribution in [0.2, 0.25) is 0 Å². The third-order valence-corrected chi connectivity index (χ3v) is 4.08. The maximum Gasteiger partial charge on any atom is 0.148 e. The van der Waals surface area contributed by atoms with Gasteiger partial charge in [0.1, 0.15) is 9.84 Å². The first-order valence-electron chi connectivity index (χ1n) is 5.39. The van der Waals surface area contributed by atoms with E-state index in [0.717, 1.165) is 25.8 Å². The first-order valence-corrected chi connectivity index (χ1v) is 7.45. The third-order valence-electron chi connectivity index (χ3n) is 2.98. The van der Waals surface area contributed by atoms with Crippen molar-refractivity contribution in [3.8, 4) is 0 Å². The minimum Gasteiger partial charge on any atom is -0.396 e. The van der Waals surface area contributed by atoms with E-state index in [-0.39, 0.29) is 23.8 Å². The normalized spacial score (nSPS) is 21.3. The molecular formula is C10H21NO3S. The van der Waals surface area contributed by atoms with Crippen molar-refractivity contribution in [2.75, 3.05) is 25.2 Å². The number of hydrogen-bond donors (Lipinski definition) is 2. The molecule has 0 heterocycles. The Labute approximate surface area is 92.0 Å². The van der Waals surface area contributed by atoms with Gasteiger partial charge in [0.2, 0.25) is 0 Å². The summed E-state index contributed by atoms with van der Waals surface area (Å²) in [7, 11) is -2.89. The molecule has 90 valence electrons. The van der Waals surface area contributed by atoms with E-state index in [1.54, 1.807) is 0 Å². The maximum absolute atomic E-state index is 11.0. The summed E-state index contributed by atoms with van der Waals surface area (Å²) in [5.41, 5.74) is 0.251. The Morgan fingerprint density at radius 1 is 1.47 bits per heavy atom. The van der Waals surface area contributed by atoms with Crippen molar-refractivity contribution >= 4 is 9.84 Å². The molecule has 0 saturated heterocycles. The maximum atomic E-state index is 11.0. The first-order chi connectivity index (χ1) is 6.87. The lowest BCUT2D eigenvalue weighted by molar-refractivity contribution is 0.243. The fourth-order valence-electron chi connectivity index (χ4n) is 1.83. The third kappa shape index (κ3) is 4.95. The van der Waals surface area contributed by atoms with Crippen LogP contribution in [0.5, 0.6) is 0 Å². The highest BCUT2D eigenvalue weighted by Crippen LogP contribution is 2.47. The van der Waals surface area contributed by atoms with Gasteiger partial charge < -0.3 is 10.4 Å². The molecule has 1 fully saturated rings. The van der Waals surface area contributed by atoms with Gasteiger partial charge >= 0.3 is 0 Å². The van der Waals surface area contributed by atoms with Crippen LogP contribution in [0.1, 0.15) is 26.2 Å². The molecule has 0 bridgehead atoms. The molecule has 1 atom stereocenters. The van der Waals surface area contributed by atoms with E-state index in [2.05, 4.69) is 5.32 Å². The zero-order chi connectivity index (χ0) is 11.5. The standard InChI is InChI=1S/C10H21NO3S/c1-9(7-15(2,13)14)11-8-10(3-4-10)5-6-12/h9,11-12H,3-8H2,1-2H3. The van der Waals surface area contributed by atoms with Gasteiger partial charge in [-0.25, -0.2) is 8.42 Å². The summed E-state index contributed by atoms with van der Waals surface area (Å²) in [5.74, 6) is 0.183. The van der Waals surface area contributed by atoms with Crippen molar-refractivity contribution in [1.82, 2.24) is 5.32 Å². The Hall–Kier alpha value is -0.130. The highest BCUT2D eigenvalue weighted by atomic mass is 32.2. The Balaban J connectivity index is 2.25. The second-order valence-corrected chi connectivity index (χ2v) is 7.03. The average molecular weight is 235 g/mol. The minimum absolute atomic E-state index is 0.00355. The van der Waals surface area contributed by atoms with Gasteiger partial charge in [0.25, 0.3) is 0 Å². The number of rotatable bonds is 7. The van der Waals surface area contributed by atoms with Gasteiger partial charge in [0.05, 0.1) is 5.75 Å². The molecular weight excluding hydrogens is 214 g/mol. The van der Waals surface area contributed by atoms with Gasteiger partial charge in [-0.2, -0.15) is 0 Å². The van der Waals surface area contributed by atoms with Crippen LogP contribution in [0, 0.1) is 5.41 Å². The van der Waals surface area contributed by atoms with E-state index < -0.39 is 9.84 Å². The monoisotopic (exact) mass is 235 g/mol. The topological polar surface area (TPSA) is 66.4 Å². The molecule has 1 aliphatic carbocycles. The fourth-order valence-corrected chi connectivity index (χ4v) is 2.86. The first kappa shape index (κ1) is 12.9. The second kappa shape index (κ2) is 4.80. The van der Waals surface area contributed by atoms with Crippen LogP contribution in [0.15, 0.2) is 0 Å². The fraction of sp³-hybridized carbons (Fsp3) is 1.00. The largest absolute Gasteiger partial charge is 0.396 e. The number of aliphatic hydroxyl groups excluding tert-OH is 1. The van der Waals surface area contributed by atoms with Crippen LogP contribution >= 0.6 is 0 Å². The summed E-state index contributed by atoms with van der Waals surface area (Å²) >= 11 is 0. The number of hydrogen-bond acceptors (Lipinski definition) is 4. The predicted octanol–water partition coefficient (Wildman–Crippen LogP) is 0.172. The molecule has 1 rings (SSSR count). The molecule has 15 heavy (non-hydrogen) atoms. The zero-order valence-electron chi connectivity index (χ0n) is 9.49. The lowest BCUT2D eigenvalue weighted by atomic mass is 10.0. The molecule has 0 aromatic carbocycles. The minimum atomic E-state index is -2.89. The Morgan fingerprint density at radius 2 is 2.07 bits per heavy atom.